The van der Waals surface area contributed by atoms with Crippen LogP contribution in [0.4, 0.5) is 0 Å². The van der Waals surface area contributed by atoms with Crippen LogP contribution in [0.1, 0.15) is 36.8 Å². The number of benzene rings is 1. The van der Waals surface area contributed by atoms with Crippen molar-refractivity contribution in [2.45, 2.75) is 50.7 Å². The van der Waals surface area contributed by atoms with Crippen molar-refractivity contribution in [2.75, 3.05) is 13.1 Å². The van der Waals surface area contributed by atoms with Gasteiger partial charge in [0.1, 0.15) is 0 Å². The highest BCUT2D eigenvalue weighted by molar-refractivity contribution is 5.27. The van der Waals surface area contributed by atoms with Gasteiger partial charge in [-0.25, -0.2) is 0 Å². The van der Waals surface area contributed by atoms with E-state index in [1.165, 1.54) is 36.8 Å². The molecule has 0 bridgehead atoms. The van der Waals surface area contributed by atoms with E-state index in [-0.39, 0.29) is 0 Å². The second-order valence-electron chi connectivity index (χ2n) is 6.20. The zero-order valence-corrected chi connectivity index (χ0v) is 12.4. The van der Waals surface area contributed by atoms with Crippen molar-refractivity contribution in [1.82, 2.24) is 10.2 Å². The van der Waals surface area contributed by atoms with E-state index in [4.69, 9.17) is 0 Å². The molecule has 3 rings (SSSR count). The minimum Gasteiger partial charge on any atom is -0.314 e. The summed E-state index contributed by atoms with van der Waals surface area (Å²) >= 11 is 0. The summed E-state index contributed by atoms with van der Waals surface area (Å²) in [7, 11) is 0. The van der Waals surface area contributed by atoms with E-state index < -0.39 is 0 Å². The molecule has 2 saturated carbocycles. The summed E-state index contributed by atoms with van der Waals surface area (Å²) in [6, 6.07) is 10.5. The lowest BCUT2D eigenvalue weighted by Gasteiger charge is -2.22. The molecule has 0 unspecified atom stereocenters. The first kappa shape index (κ1) is 13.8. The van der Waals surface area contributed by atoms with Gasteiger partial charge in [0.15, 0.2) is 0 Å². The molecule has 2 fully saturated rings. The van der Waals surface area contributed by atoms with E-state index in [1.807, 2.05) is 6.08 Å². The normalized spacial score (nSPS) is 18.4. The summed E-state index contributed by atoms with van der Waals surface area (Å²) < 4.78 is 0. The van der Waals surface area contributed by atoms with Gasteiger partial charge >= 0.3 is 0 Å². The topological polar surface area (TPSA) is 15.3 Å². The van der Waals surface area contributed by atoms with Gasteiger partial charge in [-0.15, -0.1) is 6.58 Å². The molecule has 20 heavy (non-hydrogen) atoms. The fraction of sp³-hybridized carbons (Fsp3) is 0.556. The van der Waals surface area contributed by atoms with Crippen LogP contribution in [0.25, 0.3) is 0 Å². The van der Waals surface area contributed by atoms with Crippen LogP contribution >= 0.6 is 0 Å². The van der Waals surface area contributed by atoms with Gasteiger partial charge in [0.2, 0.25) is 0 Å². The third kappa shape index (κ3) is 3.94. The second-order valence-corrected chi connectivity index (χ2v) is 6.20. The summed E-state index contributed by atoms with van der Waals surface area (Å²) in [6.45, 7) is 7.11. The minimum atomic E-state index is 0.797. The zero-order valence-electron chi connectivity index (χ0n) is 12.4. The van der Waals surface area contributed by atoms with E-state index in [0.717, 1.165) is 38.1 Å². The lowest BCUT2D eigenvalue weighted by molar-refractivity contribution is 0.283. The van der Waals surface area contributed by atoms with Gasteiger partial charge in [0, 0.05) is 25.2 Å². The van der Waals surface area contributed by atoms with Crippen LogP contribution < -0.4 is 5.32 Å². The Morgan fingerprint density at radius 3 is 2.55 bits per heavy atom. The SMILES string of the molecule is C=CCN(Cc1ccccc1CCNC1CC1)C1CC1. The molecule has 1 aromatic carbocycles. The maximum absolute atomic E-state index is 3.90. The quantitative estimate of drug-likeness (QED) is 0.694. The number of hydrogen-bond donors (Lipinski definition) is 1. The lowest BCUT2D eigenvalue weighted by atomic mass is 10.0. The Balaban J connectivity index is 1.59. The van der Waals surface area contributed by atoms with E-state index >= 15 is 0 Å². The monoisotopic (exact) mass is 270 g/mol. The number of rotatable bonds is 9. The van der Waals surface area contributed by atoms with Gasteiger partial charge in [0.05, 0.1) is 0 Å². The maximum atomic E-state index is 3.90. The average Bonchev–Trinajstić information content (AvgIpc) is 3.34. The van der Waals surface area contributed by atoms with Gasteiger partial charge in [-0.2, -0.15) is 0 Å². The molecule has 0 amide bonds. The third-order valence-corrected chi connectivity index (χ3v) is 4.32. The predicted molar refractivity (Wildman–Crippen MR) is 84.8 cm³/mol. The molecule has 0 aromatic heterocycles. The molecular weight excluding hydrogens is 244 g/mol. The zero-order chi connectivity index (χ0) is 13.8. The van der Waals surface area contributed by atoms with E-state index in [0.29, 0.717) is 0 Å². The molecule has 0 spiro atoms. The first-order valence-electron chi connectivity index (χ1n) is 8.02. The molecule has 1 aromatic rings. The molecule has 0 atom stereocenters. The first-order valence-corrected chi connectivity index (χ1v) is 8.02. The smallest absolute Gasteiger partial charge is 0.0242 e. The van der Waals surface area contributed by atoms with Crippen LogP contribution in [0, 0.1) is 0 Å². The molecule has 0 aliphatic heterocycles. The van der Waals surface area contributed by atoms with Crippen molar-refractivity contribution < 1.29 is 0 Å². The van der Waals surface area contributed by atoms with Crippen LogP contribution in [0.2, 0.25) is 0 Å². The Hall–Kier alpha value is -1.12. The standard InChI is InChI=1S/C18H26N2/c1-2-13-20(18-9-10-18)14-16-6-4-3-5-15(16)11-12-19-17-7-8-17/h2-6,17-19H,1,7-14H2. The van der Waals surface area contributed by atoms with E-state index in [9.17, 15) is 0 Å². The molecule has 2 aliphatic carbocycles. The molecule has 2 heteroatoms. The van der Waals surface area contributed by atoms with Crippen molar-refractivity contribution in [3.8, 4) is 0 Å². The first-order chi connectivity index (χ1) is 9.86. The van der Waals surface area contributed by atoms with Gasteiger partial charge in [-0.05, 0) is 49.8 Å². The molecule has 1 N–H and O–H groups in total. The van der Waals surface area contributed by atoms with Gasteiger partial charge in [-0.3, -0.25) is 4.90 Å². The fourth-order valence-corrected chi connectivity index (χ4v) is 2.82. The highest BCUT2D eigenvalue weighted by Crippen LogP contribution is 2.28. The molecule has 0 radical (unpaired) electrons. The Kier molecular flexibility index (Phi) is 4.54. The Labute approximate surface area is 122 Å². The van der Waals surface area contributed by atoms with Crippen molar-refractivity contribution in [3.63, 3.8) is 0 Å². The predicted octanol–water partition coefficient (Wildman–Crippen LogP) is 3.13. The summed E-state index contributed by atoms with van der Waals surface area (Å²) in [5.74, 6) is 0. The number of nitrogens with zero attached hydrogens (tertiary/aromatic N) is 1. The molecular formula is C18H26N2. The fourth-order valence-electron chi connectivity index (χ4n) is 2.82. The lowest BCUT2D eigenvalue weighted by Crippen LogP contribution is -2.26. The van der Waals surface area contributed by atoms with Crippen molar-refractivity contribution in [1.29, 1.82) is 0 Å². The maximum Gasteiger partial charge on any atom is 0.0242 e. The van der Waals surface area contributed by atoms with Crippen LogP contribution in [0.5, 0.6) is 0 Å². The summed E-state index contributed by atoms with van der Waals surface area (Å²) in [5, 5.41) is 3.62. The second kappa shape index (κ2) is 6.55. The highest BCUT2D eigenvalue weighted by atomic mass is 15.2. The Morgan fingerprint density at radius 1 is 1.15 bits per heavy atom. The van der Waals surface area contributed by atoms with E-state index in [1.54, 1.807) is 0 Å². The van der Waals surface area contributed by atoms with Crippen LogP contribution in [-0.4, -0.2) is 30.1 Å². The van der Waals surface area contributed by atoms with E-state index in [2.05, 4.69) is 41.1 Å². The van der Waals surface area contributed by atoms with Gasteiger partial charge < -0.3 is 5.32 Å². The minimum absolute atomic E-state index is 0.797. The van der Waals surface area contributed by atoms with Crippen LogP contribution in [-0.2, 0) is 13.0 Å². The average molecular weight is 270 g/mol. The van der Waals surface area contributed by atoms with Crippen molar-refractivity contribution >= 4 is 0 Å². The largest absolute Gasteiger partial charge is 0.314 e. The van der Waals surface area contributed by atoms with Crippen LogP contribution in [0.15, 0.2) is 36.9 Å². The molecule has 2 aliphatic rings. The molecule has 2 nitrogen and oxygen atoms in total. The summed E-state index contributed by atoms with van der Waals surface area (Å²) in [5.41, 5.74) is 3.01. The number of nitrogens with one attached hydrogen (secondary N) is 1. The van der Waals surface area contributed by atoms with Gasteiger partial charge in [0.25, 0.3) is 0 Å². The van der Waals surface area contributed by atoms with Crippen molar-refractivity contribution in [2.24, 2.45) is 0 Å². The number of hydrogen-bond acceptors (Lipinski definition) is 2. The molecule has 0 heterocycles. The van der Waals surface area contributed by atoms with Crippen LogP contribution in [0.3, 0.4) is 0 Å². The molecule has 108 valence electrons. The Morgan fingerprint density at radius 2 is 1.90 bits per heavy atom. The molecule has 0 saturated heterocycles. The van der Waals surface area contributed by atoms with Gasteiger partial charge in [-0.1, -0.05) is 30.3 Å². The Bertz CT molecular complexity index is 446. The van der Waals surface area contributed by atoms with Crippen molar-refractivity contribution in [3.05, 3.63) is 48.0 Å². The highest BCUT2D eigenvalue weighted by Gasteiger charge is 2.28. The summed E-state index contributed by atoms with van der Waals surface area (Å²) in [4.78, 5) is 2.57. The third-order valence-electron chi connectivity index (χ3n) is 4.32. The summed E-state index contributed by atoms with van der Waals surface area (Å²) in [6.07, 6.45) is 8.65.